The molecule has 0 radical (unpaired) electrons. The van der Waals surface area contributed by atoms with Crippen molar-refractivity contribution in [3.63, 3.8) is 0 Å². The van der Waals surface area contributed by atoms with Crippen molar-refractivity contribution in [2.24, 2.45) is 0 Å². The lowest BCUT2D eigenvalue weighted by Gasteiger charge is -2.35. The lowest BCUT2D eigenvalue weighted by Crippen LogP contribution is -2.46. The summed E-state index contributed by atoms with van der Waals surface area (Å²) in [5.41, 5.74) is 0. The van der Waals surface area contributed by atoms with E-state index in [1.165, 1.54) is 0 Å². The third-order valence-corrected chi connectivity index (χ3v) is 18.6. The maximum Gasteiger partial charge on any atom is 0.100 e. The molecule has 0 N–H and O–H groups in total. The summed E-state index contributed by atoms with van der Waals surface area (Å²) in [7, 11) is -1.11. The molecule has 0 bridgehead atoms. The Morgan fingerprint density at radius 2 is 0.923 bits per heavy atom. The molecular formula is C8H20S4Si. The van der Waals surface area contributed by atoms with E-state index in [1.54, 1.807) is 0 Å². The van der Waals surface area contributed by atoms with Gasteiger partial charge in [-0.25, -0.2) is 0 Å². The summed E-state index contributed by atoms with van der Waals surface area (Å²) in [6, 6.07) is 0. The van der Waals surface area contributed by atoms with E-state index in [0.29, 0.717) is 0 Å². The number of hydrogen-bond donors (Lipinski definition) is 0. The molecule has 0 fully saturated rings. The Hall–Kier alpha value is 1.62. The van der Waals surface area contributed by atoms with Crippen molar-refractivity contribution in [2.45, 2.75) is 21.5 Å². The third-order valence-electron chi connectivity index (χ3n) is 2.07. The molecule has 80 valence electrons. The van der Waals surface area contributed by atoms with Crippen LogP contribution >= 0.6 is 47.0 Å². The Balaban J connectivity index is 4.48. The van der Waals surface area contributed by atoms with Crippen molar-refractivity contribution in [3.05, 3.63) is 0 Å². The molecule has 5 heteroatoms. The van der Waals surface area contributed by atoms with E-state index >= 15 is 0 Å². The highest BCUT2D eigenvalue weighted by Gasteiger charge is 2.38. The van der Waals surface area contributed by atoms with Crippen LogP contribution in [-0.4, -0.2) is 41.5 Å². The molecule has 0 aliphatic rings. The lowest BCUT2D eigenvalue weighted by atomic mass is 11.7. The fourth-order valence-electron chi connectivity index (χ4n) is 1.52. The van der Waals surface area contributed by atoms with Gasteiger partial charge in [0, 0.05) is 8.41 Å². The molecule has 0 spiro atoms. The van der Waals surface area contributed by atoms with Gasteiger partial charge in [0.15, 0.2) is 0 Å². The zero-order valence-electron chi connectivity index (χ0n) is 9.29. The normalized spacial score (nSPS) is 12.9. The zero-order valence-corrected chi connectivity index (χ0v) is 13.6. The zero-order chi connectivity index (χ0) is 10.5. The molecule has 0 aromatic heterocycles. The summed E-state index contributed by atoms with van der Waals surface area (Å²) in [4.78, 5) is 0. The van der Waals surface area contributed by atoms with Crippen LogP contribution in [0.4, 0.5) is 0 Å². The van der Waals surface area contributed by atoms with E-state index in [9.17, 15) is 0 Å². The second-order valence-electron chi connectivity index (χ2n) is 3.43. The second kappa shape index (κ2) is 6.98. The summed E-state index contributed by atoms with van der Waals surface area (Å²) in [6.45, 7) is 5.03. The maximum absolute atomic E-state index is 2.52. The largest absolute Gasteiger partial charge is 0.154 e. The van der Waals surface area contributed by atoms with E-state index in [-0.39, 0.29) is 0 Å². The first-order valence-electron chi connectivity index (χ1n) is 4.15. The Morgan fingerprint density at radius 1 is 0.692 bits per heavy atom. The fourth-order valence-corrected chi connectivity index (χ4v) is 15.7. The molecule has 0 saturated heterocycles. The highest BCUT2D eigenvalue weighted by Crippen LogP contribution is 2.38. The third kappa shape index (κ3) is 3.93. The molecule has 0 unspecified atom stereocenters. The SMILES string of the molecule is CSC(SC)[Si](C)(C)C(SC)SC. The van der Waals surface area contributed by atoms with Gasteiger partial charge in [-0.2, -0.15) is 47.0 Å². The summed E-state index contributed by atoms with van der Waals surface area (Å²) in [5.74, 6) is 0. The molecular weight excluding hydrogens is 252 g/mol. The van der Waals surface area contributed by atoms with Crippen molar-refractivity contribution in [2.75, 3.05) is 25.0 Å². The number of hydrogen-bond acceptors (Lipinski definition) is 4. The molecule has 0 aliphatic heterocycles. The summed E-state index contributed by atoms with van der Waals surface area (Å²) < 4.78 is 1.66. The average molecular weight is 273 g/mol. The van der Waals surface area contributed by atoms with E-state index in [2.05, 4.69) is 38.1 Å². The van der Waals surface area contributed by atoms with Crippen LogP contribution in [0.2, 0.25) is 13.1 Å². The van der Waals surface area contributed by atoms with Gasteiger partial charge in [0.25, 0.3) is 0 Å². The molecule has 13 heavy (non-hydrogen) atoms. The van der Waals surface area contributed by atoms with E-state index in [4.69, 9.17) is 0 Å². The fraction of sp³-hybridized carbons (Fsp3) is 1.00. The minimum absolute atomic E-state index is 0.831. The van der Waals surface area contributed by atoms with Gasteiger partial charge in [0.05, 0.1) is 0 Å². The van der Waals surface area contributed by atoms with Crippen LogP contribution in [0.3, 0.4) is 0 Å². The van der Waals surface area contributed by atoms with Crippen LogP contribution in [0.1, 0.15) is 0 Å². The average Bonchev–Trinajstić information content (AvgIpc) is 2.07. The van der Waals surface area contributed by atoms with Crippen molar-refractivity contribution in [1.82, 2.24) is 0 Å². The Bertz CT molecular complexity index is 118. The minimum Gasteiger partial charge on any atom is -0.154 e. The van der Waals surface area contributed by atoms with Gasteiger partial charge in [-0.05, 0) is 25.0 Å². The van der Waals surface area contributed by atoms with Gasteiger partial charge in [-0.1, -0.05) is 13.1 Å². The standard InChI is InChI=1S/C8H20S4Si/c1-9-7(10-2)13(5,6)8(11-3)12-4/h7-8H,1-6H3. The molecule has 0 aromatic carbocycles. The Labute approximate surface area is 101 Å². The second-order valence-corrected chi connectivity index (χ2v) is 14.3. The summed E-state index contributed by atoms with van der Waals surface area (Å²) in [5, 5.41) is 0. The van der Waals surface area contributed by atoms with Crippen LogP contribution in [0, 0.1) is 0 Å². The molecule has 0 heterocycles. The van der Waals surface area contributed by atoms with Crippen molar-refractivity contribution in [1.29, 1.82) is 0 Å². The monoisotopic (exact) mass is 272 g/mol. The molecule has 0 atom stereocenters. The van der Waals surface area contributed by atoms with E-state index in [0.717, 1.165) is 8.41 Å². The first kappa shape index (κ1) is 14.6. The first-order valence-corrected chi connectivity index (χ1v) is 12.5. The number of rotatable bonds is 6. The predicted molar refractivity (Wildman–Crippen MR) is 79.1 cm³/mol. The predicted octanol–water partition coefficient (Wildman–Crippen LogP) is 3.88. The van der Waals surface area contributed by atoms with Gasteiger partial charge >= 0.3 is 0 Å². The van der Waals surface area contributed by atoms with E-state index < -0.39 is 8.07 Å². The molecule has 0 rings (SSSR count). The molecule has 0 amide bonds. The van der Waals surface area contributed by atoms with Crippen LogP contribution in [0.5, 0.6) is 0 Å². The molecule has 0 nitrogen and oxygen atoms in total. The first-order chi connectivity index (χ1) is 6.04. The molecule has 0 aliphatic carbocycles. The highest BCUT2D eigenvalue weighted by molar-refractivity contribution is 8.22. The van der Waals surface area contributed by atoms with Gasteiger partial charge in [-0.15, -0.1) is 0 Å². The number of thioether (sulfide) groups is 4. The van der Waals surface area contributed by atoms with Gasteiger partial charge in [0.1, 0.15) is 8.07 Å². The van der Waals surface area contributed by atoms with Crippen LogP contribution in [0.25, 0.3) is 0 Å². The smallest absolute Gasteiger partial charge is 0.100 e. The summed E-state index contributed by atoms with van der Waals surface area (Å²) >= 11 is 8.14. The highest BCUT2D eigenvalue weighted by atomic mass is 32.2. The molecule has 0 saturated carbocycles. The minimum atomic E-state index is -1.11. The van der Waals surface area contributed by atoms with Crippen molar-refractivity contribution < 1.29 is 0 Å². The van der Waals surface area contributed by atoms with Crippen LogP contribution in [-0.2, 0) is 0 Å². The topological polar surface area (TPSA) is 0 Å². The van der Waals surface area contributed by atoms with Crippen molar-refractivity contribution in [3.8, 4) is 0 Å². The quantitative estimate of drug-likeness (QED) is 0.531. The van der Waals surface area contributed by atoms with E-state index in [1.807, 2.05) is 47.0 Å². The van der Waals surface area contributed by atoms with Gasteiger partial charge in [-0.3, -0.25) is 0 Å². The maximum atomic E-state index is 2.52. The Kier molecular flexibility index (Phi) is 7.85. The lowest BCUT2D eigenvalue weighted by molar-refractivity contribution is 1.54. The van der Waals surface area contributed by atoms with Crippen molar-refractivity contribution >= 4 is 55.1 Å². The van der Waals surface area contributed by atoms with Crippen LogP contribution in [0.15, 0.2) is 0 Å². The molecule has 0 aromatic rings. The summed E-state index contributed by atoms with van der Waals surface area (Å²) in [6.07, 6.45) is 8.97. The Morgan fingerprint density at radius 3 is 1.08 bits per heavy atom. The van der Waals surface area contributed by atoms with Gasteiger partial charge in [0.2, 0.25) is 0 Å². The van der Waals surface area contributed by atoms with Gasteiger partial charge < -0.3 is 0 Å². The van der Waals surface area contributed by atoms with Crippen LogP contribution < -0.4 is 0 Å².